The maximum atomic E-state index is 11.4. The third kappa shape index (κ3) is 1.35. The molecule has 4 rings (SSSR count). The van der Waals surface area contributed by atoms with Crippen LogP contribution in [-0.2, 0) is 0 Å². The minimum absolute atomic E-state index is 0.314. The van der Waals surface area contributed by atoms with Gasteiger partial charge in [0.25, 0.3) is 0 Å². The lowest BCUT2D eigenvalue weighted by molar-refractivity contribution is 0.561. The number of para-hydroxylation sites is 1. The molecule has 0 fully saturated rings. The van der Waals surface area contributed by atoms with Gasteiger partial charge in [0.15, 0.2) is 0 Å². The van der Waals surface area contributed by atoms with E-state index in [1.54, 1.807) is 0 Å². The summed E-state index contributed by atoms with van der Waals surface area (Å²) in [5.74, 6) is 0. The van der Waals surface area contributed by atoms with Gasteiger partial charge >= 0.3 is 5.63 Å². The van der Waals surface area contributed by atoms with Crippen LogP contribution < -0.4 is 5.63 Å². The van der Waals surface area contributed by atoms with Crippen molar-refractivity contribution in [1.82, 2.24) is 4.98 Å². The Balaban J connectivity index is 2.39. The molecule has 0 spiro atoms. The number of hydrogen-bond donors (Lipinski definition) is 1. The number of H-pyrrole nitrogens is 1. The Bertz CT molecular complexity index is 992. The predicted molar refractivity (Wildman–Crippen MR) is 76.6 cm³/mol. The third-order valence-electron chi connectivity index (χ3n) is 3.58. The monoisotopic (exact) mass is 249 g/mol. The molecule has 2 aromatic heterocycles. The van der Waals surface area contributed by atoms with E-state index in [2.05, 4.69) is 17.1 Å². The van der Waals surface area contributed by atoms with Crippen molar-refractivity contribution in [2.45, 2.75) is 6.92 Å². The fourth-order valence-electron chi connectivity index (χ4n) is 2.73. The van der Waals surface area contributed by atoms with Crippen molar-refractivity contribution >= 4 is 32.8 Å². The lowest BCUT2D eigenvalue weighted by Crippen LogP contribution is -1.94. The van der Waals surface area contributed by atoms with Crippen molar-refractivity contribution in [3.63, 3.8) is 0 Å². The molecule has 0 saturated heterocycles. The molecule has 0 saturated carbocycles. The van der Waals surface area contributed by atoms with Gasteiger partial charge in [-0.3, -0.25) is 0 Å². The van der Waals surface area contributed by atoms with Crippen LogP contribution in [-0.4, -0.2) is 4.98 Å². The largest absolute Gasteiger partial charge is 0.423 e. The standard InChI is InChI=1S/C16H11NO2/c1-9-8-13-11(6-7-14(18)19-13)15-10-4-2-3-5-12(10)17-16(9)15/h2-8,17H,1H3. The number of rotatable bonds is 0. The first-order chi connectivity index (χ1) is 9.24. The van der Waals surface area contributed by atoms with E-state index in [9.17, 15) is 4.79 Å². The fraction of sp³-hybridized carbons (Fsp3) is 0.0625. The molecule has 3 heteroatoms. The topological polar surface area (TPSA) is 46.0 Å². The maximum Gasteiger partial charge on any atom is 0.336 e. The minimum atomic E-state index is -0.314. The Morgan fingerprint density at radius 1 is 1.05 bits per heavy atom. The molecule has 0 atom stereocenters. The normalized spacial score (nSPS) is 11.6. The minimum Gasteiger partial charge on any atom is -0.423 e. The second-order valence-electron chi connectivity index (χ2n) is 4.78. The molecule has 92 valence electrons. The smallest absolute Gasteiger partial charge is 0.336 e. The van der Waals surface area contributed by atoms with Crippen molar-refractivity contribution < 1.29 is 4.42 Å². The molecule has 0 aliphatic carbocycles. The van der Waals surface area contributed by atoms with E-state index in [4.69, 9.17) is 4.42 Å². The van der Waals surface area contributed by atoms with Gasteiger partial charge in [0, 0.05) is 27.7 Å². The summed E-state index contributed by atoms with van der Waals surface area (Å²) in [6.45, 7) is 2.02. The van der Waals surface area contributed by atoms with Crippen molar-refractivity contribution in [3.05, 3.63) is 58.4 Å². The second kappa shape index (κ2) is 3.48. The SMILES string of the molecule is Cc1cc2oc(=O)ccc2c2c1[nH]c1ccccc12. The average molecular weight is 249 g/mol. The summed E-state index contributed by atoms with van der Waals surface area (Å²) in [7, 11) is 0. The van der Waals surface area contributed by atoms with Gasteiger partial charge in [-0.15, -0.1) is 0 Å². The summed E-state index contributed by atoms with van der Waals surface area (Å²) >= 11 is 0. The van der Waals surface area contributed by atoms with Crippen LogP contribution in [0.25, 0.3) is 32.8 Å². The van der Waals surface area contributed by atoms with Crippen LogP contribution in [0.2, 0.25) is 0 Å². The van der Waals surface area contributed by atoms with Crippen LogP contribution >= 0.6 is 0 Å². The number of aryl methyl sites for hydroxylation is 1. The van der Waals surface area contributed by atoms with E-state index in [1.165, 1.54) is 6.07 Å². The van der Waals surface area contributed by atoms with Gasteiger partial charge < -0.3 is 9.40 Å². The summed E-state index contributed by atoms with van der Waals surface area (Å²) < 4.78 is 5.30. The Labute approximate surface area is 108 Å². The number of benzene rings is 2. The lowest BCUT2D eigenvalue weighted by Gasteiger charge is -2.01. The van der Waals surface area contributed by atoms with Gasteiger partial charge in [-0.05, 0) is 30.7 Å². The zero-order valence-corrected chi connectivity index (χ0v) is 10.4. The molecular formula is C16H11NO2. The molecule has 4 aromatic rings. The molecule has 0 unspecified atom stereocenters. The zero-order chi connectivity index (χ0) is 13.0. The summed E-state index contributed by atoms with van der Waals surface area (Å²) in [4.78, 5) is 14.8. The quantitative estimate of drug-likeness (QED) is 0.482. The number of hydrogen-bond acceptors (Lipinski definition) is 2. The molecule has 0 radical (unpaired) electrons. The van der Waals surface area contributed by atoms with Crippen LogP contribution in [0.5, 0.6) is 0 Å². The van der Waals surface area contributed by atoms with Crippen LogP contribution in [0, 0.1) is 6.92 Å². The first-order valence-corrected chi connectivity index (χ1v) is 6.18. The van der Waals surface area contributed by atoms with E-state index in [0.29, 0.717) is 5.58 Å². The highest BCUT2D eigenvalue weighted by molar-refractivity contribution is 6.20. The number of fused-ring (bicyclic) bond motifs is 5. The average Bonchev–Trinajstić information content (AvgIpc) is 2.79. The highest BCUT2D eigenvalue weighted by Gasteiger charge is 2.11. The van der Waals surface area contributed by atoms with Crippen LogP contribution in [0.4, 0.5) is 0 Å². The molecule has 0 bridgehead atoms. The van der Waals surface area contributed by atoms with Crippen LogP contribution in [0.1, 0.15) is 5.56 Å². The molecule has 0 aliphatic rings. The molecule has 3 nitrogen and oxygen atoms in total. The van der Waals surface area contributed by atoms with Crippen LogP contribution in [0.15, 0.2) is 51.7 Å². The first kappa shape index (κ1) is 10.4. The molecule has 0 amide bonds. The van der Waals surface area contributed by atoms with E-state index < -0.39 is 0 Å². The highest BCUT2D eigenvalue weighted by Crippen LogP contribution is 2.33. The van der Waals surface area contributed by atoms with Crippen LogP contribution in [0.3, 0.4) is 0 Å². The van der Waals surface area contributed by atoms with E-state index >= 15 is 0 Å². The Morgan fingerprint density at radius 3 is 2.79 bits per heavy atom. The van der Waals surface area contributed by atoms with Gasteiger partial charge in [-0.25, -0.2) is 4.79 Å². The molecular weight excluding hydrogens is 238 g/mol. The Hall–Kier alpha value is -2.55. The predicted octanol–water partition coefficient (Wildman–Crippen LogP) is 3.74. The fourth-order valence-corrected chi connectivity index (χ4v) is 2.73. The van der Waals surface area contributed by atoms with E-state index in [1.807, 2.05) is 31.2 Å². The van der Waals surface area contributed by atoms with Crippen molar-refractivity contribution in [2.75, 3.05) is 0 Å². The maximum absolute atomic E-state index is 11.4. The molecule has 1 N–H and O–H groups in total. The molecule has 19 heavy (non-hydrogen) atoms. The summed E-state index contributed by atoms with van der Waals surface area (Å²) in [5.41, 5.74) is 3.60. The van der Waals surface area contributed by atoms with Crippen molar-refractivity contribution in [3.8, 4) is 0 Å². The molecule has 2 aromatic carbocycles. The highest BCUT2D eigenvalue weighted by atomic mass is 16.4. The lowest BCUT2D eigenvalue weighted by atomic mass is 10.0. The van der Waals surface area contributed by atoms with Gasteiger partial charge in [-0.1, -0.05) is 18.2 Å². The van der Waals surface area contributed by atoms with Gasteiger partial charge in [0.1, 0.15) is 5.58 Å². The van der Waals surface area contributed by atoms with E-state index in [0.717, 1.165) is 32.8 Å². The first-order valence-electron chi connectivity index (χ1n) is 6.18. The number of nitrogens with one attached hydrogen (secondary N) is 1. The number of aromatic amines is 1. The molecule has 0 aliphatic heterocycles. The third-order valence-corrected chi connectivity index (χ3v) is 3.58. The number of aromatic nitrogens is 1. The van der Waals surface area contributed by atoms with Gasteiger partial charge in [0.2, 0.25) is 0 Å². The Kier molecular flexibility index (Phi) is 1.90. The van der Waals surface area contributed by atoms with Gasteiger partial charge in [-0.2, -0.15) is 0 Å². The van der Waals surface area contributed by atoms with Crippen molar-refractivity contribution in [2.24, 2.45) is 0 Å². The summed E-state index contributed by atoms with van der Waals surface area (Å²) in [6, 6.07) is 13.4. The van der Waals surface area contributed by atoms with Crippen molar-refractivity contribution in [1.29, 1.82) is 0 Å². The summed E-state index contributed by atoms with van der Waals surface area (Å²) in [5, 5.41) is 3.24. The van der Waals surface area contributed by atoms with E-state index in [-0.39, 0.29) is 5.63 Å². The van der Waals surface area contributed by atoms with Gasteiger partial charge in [0.05, 0.1) is 5.52 Å². The second-order valence-corrected chi connectivity index (χ2v) is 4.78. The molecule has 2 heterocycles. The summed E-state index contributed by atoms with van der Waals surface area (Å²) in [6.07, 6.45) is 0. The zero-order valence-electron chi connectivity index (χ0n) is 10.4. The Morgan fingerprint density at radius 2 is 1.89 bits per heavy atom.